The number of methoxy groups -OCH3 is 1. The fourth-order valence-corrected chi connectivity index (χ4v) is 1.62. The molecule has 2 rings (SSSR count). The topological polar surface area (TPSA) is 26.3 Å². The van der Waals surface area contributed by atoms with E-state index in [1.54, 1.807) is 12.1 Å². The molecule has 0 N–H and O–H groups in total. The standard InChI is InChI=1S/C12H9BO2/c1-15-12(14)10-6-2-5-9-8(10)4-3-7-11(9)13/h2-7H,1H3. The van der Waals surface area contributed by atoms with Crippen LogP contribution in [-0.4, -0.2) is 20.9 Å². The molecule has 72 valence electrons. The number of benzene rings is 2. The Morgan fingerprint density at radius 3 is 2.53 bits per heavy atom. The van der Waals surface area contributed by atoms with Gasteiger partial charge in [-0.15, -0.1) is 0 Å². The Balaban J connectivity index is 2.77. The van der Waals surface area contributed by atoms with E-state index in [2.05, 4.69) is 0 Å². The van der Waals surface area contributed by atoms with Crippen LogP contribution in [0.1, 0.15) is 10.4 Å². The van der Waals surface area contributed by atoms with Crippen molar-refractivity contribution < 1.29 is 9.53 Å². The molecule has 0 heterocycles. The Labute approximate surface area is 89.3 Å². The van der Waals surface area contributed by atoms with E-state index in [0.717, 1.165) is 10.8 Å². The SMILES string of the molecule is [B]c1cccc2c(C(=O)OC)cccc12. The van der Waals surface area contributed by atoms with Gasteiger partial charge >= 0.3 is 5.97 Å². The number of rotatable bonds is 1. The Morgan fingerprint density at radius 2 is 1.80 bits per heavy atom. The van der Waals surface area contributed by atoms with Crippen molar-refractivity contribution >= 4 is 30.1 Å². The van der Waals surface area contributed by atoms with Gasteiger partial charge in [0.2, 0.25) is 0 Å². The maximum absolute atomic E-state index is 11.5. The molecule has 0 fully saturated rings. The fraction of sp³-hybridized carbons (Fsp3) is 0.0833. The summed E-state index contributed by atoms with van der Waals surface area (Å²) in [5.74, 6) is -0.341. The van der Waals surface area contributed by atoms with E-state index < -0.39 is 0 Å². The van der Waals surface area contributed by atoms with E-state index in [-0.39, 0.29) is 5.97 Å². The molecule has 0 aliphatic heterocycles. The monoisotopic (exact) mass is 196 g/mol. The number of hydrogen-bond acceptors (Lipinski definition) is 2. The largest absolute Gasteiger partial charge is 0.465 e. The maximum Gasteiger partial charge on any atom is 0.338 e. The van der Waals surface area contributed by atoms with Crippen LogP contribution in [0.15, 0.2) is 36.4 Å². The van der Waals surface area contributed by atoms with Crippen molar-refractivity contribution in [1.29, 1.82) is 0 Å². The van der Waals surface area contributed by atoms with Gasteiger partial charge in [0.25, 0.3) is 0 Å². The Hall–Kier alpha value is -1.77. The van der Waals surface area contributed by atoms with Gasteiger partial charge in [-0.1, -0.05) is 35.8 Å². The smallest absolute Gasteiger partial charge is 0.338 e. The van der Waals surface area contributed by atoms with Crippen molar-refractivity contribution in [2.75, 3.05) is 7.11 Å². The molecule has 2 radical (unpaired) electrons. The van der Waals surface area contributed by atoms with Gasteiger partial charge in [0.05, 0.1) is 12.7 Å². The average molecular weight is 196 g/mol. The lowest BCUT2D eigenvalue weighted by Gasteiger charge is -2.06. The van der Waals surface area contributed by atoms with Crippen LogP contribution in [0.5, 0.6) is 0 Å². The molecule has 0 atom stereocenters. The van der Waals surface area contributed by atoms with E-state index in [4.69, 9.17) is 12.6 Å². The normalized spacial score (nSPS) is 10.2. The molecule has 3 heteroatoms. The van der Waals surface area contributed by atoms with Crippen molar-refractivity contribution in [3.05, 3.63) is 42.0 Å². The molecule has 15 heavy (non-hydrogen) atoms. The van der Waals surface area contributed by atoms with Crippen LogP contribution >= 0.6 is 0 Å². The second kappa shape index (κ2) is 3.77. The molecule has 0 bridgehead atoms. The van der Waals surface area contributed by atoms with Crippen molar-refractivity contribution in [2.45, 2.75) is 0 Å². The molecule has 2 nitrogen and oxygen atoms in total. The number of hydrogen-bond donors (Lipinski definition) is 0. The first-order valence-corrected chi connectivity index (χ1v) is 4.59. The van der Waals surface area contributed by atoms with Crippen LogP contribution < -0.4 is 5.46 Å². The summed E-state index contributed by atoms with van der Waals surface area (Å²) in [4.78, 5) is 11.5. The number of carbonyl (C=O) groups is 1. The van der Waals surface area contributed by atoms with Gasteiger partial charge in [-0.25, -0.2) is 4.79 Å². The molecular weight excluding hydrogens is 187 g/mol. The minimum atomic E-state index is -0.341. The van der Waals surface area contributed by atoms with Crippen molar-refractivity contribution in [2.24, 2.45) is 0 Å². The molecule has 0 unspecified atom stereocenters. The second-order valence-corrected chi connectivity index (χ2v) is 3.24. The first-order valence-electron chi connectivity index (χ1n) is 4.59. The highest BCUT2D eigenvalue weighted by atomic mass is 16.5. The lowest BCUT2D eigenvalue weighted by Crippen LogP contribution is -2.07. The summed E-state index contributed by atoms with van der Waals surface area (Å²) in [6, 6.07) is 10.9. The van der Waals surface area contributed by atoms with E-state index in [0.29, 0.717) is 11.0 Å². The van der Waals surface area contributed by atoms with E-state index in [1.807, 2.05) is 24.3 Å². The molecule has 0 saturated heterocycles. The van der Waals surface area contributed by atoms with E-state index in [9.17, 15) is 4.79 Å². The Bertz CT molecular complexity index is 520. The highest BCUT2D eigenvalue weighted by Gasteiger charge is 2.09. The predicted octanol–water partition coefficient (Wildman–Crippen LogP) is 1.42. The minimum Gasteiger partial charge on any atom is -0.465 e. The molecule has 0 aliphatic rings. The maximum atomic E-state index is 11.5. The first kappa shape index (κ1) is 9.78. The first-order chi connectivity index (χ1) is 7.24. The zero-order valence-corrected chi connectivity index (χ0v) is 8.36. The number of esters is 1. The minimum absolute atomic E-state index is 0.341. The van der Waals surface area contributed by atoms with Crippen LogP contribution in [0, 0.1) is 0 Å². The van der Waals surface area contributed by atoms with Gasteiger partial charge in [0, 0.05) is 0 Å². The molecule has 2 aromatic rings. The third kappa shape index (κ3) is 1.61. The number of ether oxygens (including phenoxy) is 1. The van der Waals surface area contributed by atoms with E-state index in [1.165, 1.54) is 7.11 Å². The summed E-state index contributed by atoms with van der Waals surface area (Å²) in [5, 5.41) is 1.70. The van der Waals surface area contributed by atoms with Crippen molar-refractivity contribution in [3.8, 4) is 0 Å². The summed E-state index contributed by atoms with van der Waals surface area (Å²) in [6.07, 6.45) is 0. The van der Waals surface area contributed by atoms with Gasteiger partial charge in [-0.2, -0.15) is 0 Å². The lowest BCUT2D eigenvalue weighted by molar-refractivity contribution is 0.0603. The number of carbonyl (C=O) groups excluding carboxylic acids is 1. The van der Waals surface area contributed by atoms with Crippen molar-refractivity contribution in [3.63, 3.8) is 0 Å². The van der Waals surface area contributed by atoms with Crippen LogP contribution in [0.2, 0.25) is 0 Å². The van der Waals surface area contributed by atoms with Crippen LogP contribution in [0.3, 0.4) is 0 Å². The second-order valence-electron chi connectivity index (χ2n) is 3.24. The summed E-state index contributed by atoms with van der Waals surface area (Å²) in [6.45, 7) is 0. The zero-order chi connectivity index (χ0) is 10.8. The highest BCUT2D eigenvalue weighted by Crippen LogP contribution is 2.17. The molecule has 0 saturated carbocycles. The quantitative estimate of drug-likeness (QED) is 0.509. The third-order valence-corrected chi connectivity index (χ3v) is 2.36. The lowest BCUT2D eigenvalue weighted by atomic mass is 9.89. The summed E-state index contributed by atoms with van der Waals surface area (Å²) < 4.78 is 4.70. The number of fused-ring (bicyclic) bond motifs is 1. The van der Waals surface area contributed by atoms with Gasteiger partial charge in [0.15, 0.2) is 0 Å². The molecule has 0 spiro atoms. The average Bonchev–Trinajstić information content (AvgIpc) is 2.28. The molecule has 0 amide bonds. The highest BCUT2D eigenvalue weighted by molar-refractivity contribution is 6.39. The van der Waals surface area contributed by atoms with Gasteiger partial charge < -0.3 is 4.74 Å². The molecular formula is C12H9BO2. The predicted molar refractivity (Wildman–Crippen MR) is 60.7 cm³/mol. The van der Waals surface area contributed by atoms with Crippen molar-refractivity contribution in [1.82, 2.24) is 0 Å². The van der Waals surface area contributed by atoms with Gasteiger partial charge in [-0.05, 0) is 16.8 Å². The Kier molecular flexibility index (Phi) is 2.46. The van der Waals surface area contributed by atoms with Gasteiger partial charge in [-0.3, -0.25) is 0 Å². The third-order valence-electron chi connectivity index (χ3n) is 2.36. The molecule has 2 aromatic carbocycles. The van der Waals surface area contributed by atoms with Crippen LogP contribution in [-0.2, 0) is 4.74 Å². The summed E-state index contributed by atoms with van der Waals surface area (Å²) in [5.41, 5.74) is 1.21. The molecule has 0 aromatic heterocycles. The fourth-order valence-electron chi connectivity index (χ4n) is 1.62. The molecule has 0 aliphatic carbocycles. The summed E-state index contributed by atoms with van der Waals surface area (Å²) in [7, 11) is 7.18. The zero-order valence-electron chi connectivity index (χ0n) is 8.36. The van der Waals surface area contributed by atoms with Crippen LogP contribution in [0.4, 0.5) is 0 Å². The summed E-state index contributed by atoms with van der Waals surface area (Å²) >= 11 is 0. The van der Waals surface area contributed by atoms with Gasteiger partial charge in [0.1, 0.15) is 7.85 Å². The van der Waals surface area contributed by atoms with E-state index >= 15 is 0 Å². The van der Waals surface area contributed by atoms with Crippen LogP contribution in [0.25, 0.3) is 10.8 Å². The Morgan fingerprint density at radius 1 is 1.13 bits per heavy atom.